The molecule has 0 unspecified atom stereocenters. The molecule has 0 bridgehead atoms. The number of benzene rings is 2. The van der Waals surface area contributed by atoms with Gasteiger partial charge in [-0.2, -0.15) is 11.8 Å². The molecular weight excluding hydrogens is 392 g/mol. The first-order valence-electron chi connectivity index (χ1n) is 7.92. The summed E-state index contributed by atoms with van der Waals surface area (Å²) in [4.78, 5) is 12.1. The van der Waals surface area contributed by atoms with Crippen molar-refractivity contribution in [3.8, 4) is 0 Å². The number of hydrogen-bond donors (Lipinski definition) is 1. The molecule has 0 aliphatic rings. The average Bonchev–Trinajstić information content (AvgIpc) is 2.61. The summed E-state index contributed by atoms with van der Waals surface area (Å²) in [7, 11) is -1.84. The molecule has 0 fully saturated rings. The second kappa shape index (κ2) is 9.30. The van der Waals surface area contributed by atoms with Crippen LogP contribution in [0.25, 0.3) is 0 Å². The van der Waals surface area contributed by atoms with Crippen molar-refractivity contribution >= 4 is 45.0 Å². The average molecular weight is 413 g/mol. The number of thioether (sulfide) groups is 1. The van der Waals surface area contributed by atoms with Gasteiger partial charge in [0, 0.05) is 35.7 Å². The Morgan fingerprint density at radius 1 is 1.12 bits per heavy atom. The Hall–Kier alpha value is -1.70. The van der Waals surface area contributed by atoms with Crippen LogP contribution in [-0.2, 0) is 15.8 Å². The van der Waals surface area contributed by atoms with E-state index in [1.807, 2.05) is 24.3 Å². The van der Waals surface area contributed by atoms with Crippen molar-refractivity contribution < 1.29 is 13.2 Å². The minimum atomic E-state index is -3.31. The first-order valence-corrected chi connectivity index (χ1v) is 11.3. The molecule has 0 saturated carbocycles. The SMILES string of the molecule is CN(c1ccc(C(=O)NCCSCc2ccc(Cl)cc2)cc1)S(C)(=O)=O. The Morgan fingerprint density at radius 2 is 1.73 bits per heavy atom. The van der Waals surface area contributed by atoms with Crippen LogP contribution >= 0.6 is 23.4 Å². The fourth-order valence-corrected chi connectivity index (χ4v) is 3.57. The van der Waals surface area contributed by atoms with Crippen molar-refractivity contribution in [2.45, 2.75) is 5.75 Å². The number of carbonyl (C=O) groups excluding carboxylic acids is 1. The van der Waals surface area contributed by atoms with Crippen molar-refractivity contribution in [1.82, 2.24) is 5.32 Å². The summed E-state index contributed by atoms with van der Waals surface area (Å²) >= 11 is 7.58. The van der Waals surface area contributed by atoms with Crippen LogP contribution in [-0.4, -0.2) is 39.9 Å². The van der Waals surface area contributed by atoms with Crippen LogP contribution in [0.1, 0.15) is 15.9 Å². The van der Waals surface area contributed by atoms with Crippen LogP contribution in [0.5, 0.6) is 0 Å². The van der Waals surface area contributed by atoms with Gasteiger partial charge in [-0.15, -0.1) is 0 Å². The summed E-state index contributed by atoms with van der Waals surface area (Å²) in [6, 6.07) is 14.2. The van der Waals surface area contributed by atoms with Crippen LogP contribution in [0.2, 0.25) is 5.02 Å². The molecule has 2 aromatic carbocycles. The lowest BCUT2D eigenvalue weighted by atomic mass is 10.2. The zero-order chi connectivity index (χ0) is 19.2. The van der Waals surface area contributed by atoms with Crippen molar-refractivity contribution in [2.75, 3.05) is 29.9 Å². The van der Waals surface area contributed by atoms with E-state index in [1.165, 1.54) is 16.9 Å². The van der Waals surface area contributed by atoms with Gasteiger partial charge in [-0.1, -0.05) is 23.7 Å². The van der Waals surface area contributed by atoms with Crippen molar-refractivity contribution in [3.05, 3.63) is 64.7 Å². The van der Waals surface area contributed by atoms with E-state index < -0.39 is 10.0 Å². The Balaban J connectivity index is 1.76. The highest BCUT2D eigenvalue weighted by Crippen LogP contribution is 2.17. The third-order valence-corrected chi connectivity index (χ3v) is 6.19. The largest absolute Gasteiger partial charge is 0.351 e. The molecule has 140 valence electrons. The number of nitrogens with one attached hydrogen (secondary N) is 1. The van der Waals surface area contributed by atoms with Crippen LogP contribution in [0.15, 0.2) is 48.5 Å². The lowest BCUT2D eigenvalue weighted by Crippen LogP contribution is -2.26. The molecule has 0 aliphatic carbocycles. The number of halogens is 1. The summed E-state index contributed by atoms with van der Waals surface area (Å²) in [5.74, 6) is 1.48. The highest BCUT2D eigenvalue weighted by Gasteiger charge is 2.12. The van der Waals surface area contributed by atoms with Gasteiger partial charge < -0.3 is 5.32 Å². The van der Waals surface area contributed by atoms with Gasteiger partial charge in [0.2, 0.25) is 10.0 Å². The van der Waals surface area contributed by atoms with E-state index >= 15 is 0 Å². The van der Waals surface area contributed by atoms with E-state index in [9.17, 15) is 13.2 Å². The predicted octanol–water partition coefficient (Wildman–Crippen LogP) is 3.40. The molecule has 0 saturated heterocycles. The van der Waals surface area contributed by atoms with E-state index in [0.29, 0.717) is 17.8 Å². The molecular formula is C18H21ClN2O3S2. The van der Waals surface area contributed by atoms with Gasteiger partial charge in [0.25, 0.3) is 5.91 Å². The minimum Gasteiger partial charge on any atom is -0.351 e. The molecule has 0 atom stereocenters. The van der Waals surface area contributed by atoms with Gasteiger partial charge in [-0.25, -0.2) is 8.42 Å². The van der Waals surface area contributed by atoms with Crippen molar-refractivity contribution in [2.24, 2.45) is 0 Å². The fraction of sp³-hybridized carbons (Fsp3) is 0.278. The highest BCUT2D eigenvalue weighted by atomic mass is 35.5. The fourth-order valence-electron chi connectivity index (χ4n) is 2.12. The molecule has 0 aromatic heterocycles. The maximum absolute atomic E-state index is 12.1. The molecule has 26 heavy (non-hydrogen) atoms. The molecule has 0 radical (unpaired) electrons. The molecule has 1 amide bonds. The van der Waals surface area contributed by atoms with E-state index in [4.69, 9.17) is 11.6 Å². The van der Waals surface area contributed by atoms with Crippen LogP contribution in [0, 0.1) is 0 Å². The van der Waals surface area contributed by atoms with E-state index in [1.54, 1.807) is 36.0 Å². The summed E-state index contributed by atoms with van der Waals surface area (Å²) in [5, 5.41) is 3.58. The molecule has 5 nitrogen and oxygen atoms in total. The normalized spacial score (nSPS) is 11.2. The lowest BCUT2D eigenvalue weighted by Gasteiger charge is -2.16. The standard InChI is InChI=1S/C18H21ClN2O3S2/c1-21(26(2,23)24)17-9-5-15(6-10-17)18(22)20-11-12-25-13-14-3-7-16(19)8-4-14/h3-10H,11-13H2,1-2H3,(H,20,22). The highest BCUT2D eigenvalue weighted by molar-refractivity contribution is 7.98. The zero-order valence-electron chi connectivity index (χ0n) is 14.6. The topological polar surface area (TPSA) is 66.5 Å². The van der Waals surface area contributed by atoms with Crippen LogP contribution in [0.4, 0.5) is 5.69 Å². The molecule has 2 rings (SSSR count). The Morgan fingerprint density at radius 3 is 2.31 bits per heavy atom. The second-order valence-corrected chi connectivity index (χ2v) is 9.27. The van der Waals surface area contributed by atoms with E-state index in [-0.39, 0.29) is 5.91 Å². The Labute approximate surface area is 163 Å². The van der Waals surface area contributed by atoms with Gasteiger partial charge >= 0.3 is 0 Å². The molecule has 8 heteroatoms. The molecule has 0 aliphatic heterocycles. The predicted molar refractivity (Wildman–Crippen MR) is 110 cm³/mol. The third-order valence-electron chi connectivity index (χ3n) is 3.70. The Bertz CT molecular complexity index is 838. The van der Waals surface area contributed by atoms with E-state index in [0.717, 1.165) is 22.8 Å². The molecule has 2 aromatic rings. The van der Waals surface area contributed by atoms with Crippen molar-refractivity contribution in [1.29, 1.82) is 0 Å². The maximum atomic E-state index is 12.1. The van der Waals surface area contributed by atoms with Gasteiger partial charge in [0.1, 0.15) is 0 Å². The number of nitrogens with zero attached hydrogens (tertiary/aromatic N) is 1. The summed E-state index contributed by atoms with van der Waals surface area (Å²) < 4.78 is 24.2. The smallest absolute Gasteiger partial charge is 0.251 e. The van der Waals surface area contributed by atoms with Crippen LogP contribution in [0.3, 0.4) is 0 Å². The number of sulfonamides is 1. The van der Waals surface area contributed by atoms with Crippen molar-refractivity contribution in [3.63, 3.8) is 0 Å². The summed E-state index contributed by atoms with van der Waals surface area (Å²) in [5.41, 5.74) is 2.21. The molecule has 1 N–H and O–H groups in total. The first-order chi connectivity index (χ1) is 12.3. The second-order valence-electron chi connectivity index (χ2n) is 5.71. The number of rotatable bonds is 8. The Kier molecular flexibility index (Phi) is 7.37. The summed E-state index contributed by atoms with van der Waals surface area (Å²) in [6.07, 6.45) is 1.13. The molecule has 0 spiro atoms. The summed E-state index contributed by atoms with van der Waals surface area (Å²) in [6.45, 7) is 0.558. The molecule has 0 heterocycles. The number of amides is 1. The van der Waals surface area contributed by atoms with Gasteiger partial charge in [0.15, 0.2) is 0 Å². The number of anilines is 1. The van der Waals surface area contributed by atoms with Gasteiger partial charge in [0.05, 0.1) is 11.9 Å². The zero-order valence-corrected chi connectivity index (χ0v) is 17.0. The third kappa shape index (κ3) is 6.23. The van der Waals surface area contributed by atoms with Crippen LogP contribution < -0.4 is 9.62 Å². The minimum absolute atomic E-state index is 0.175. The number of hydrogen-bond acceptors (Lipinski definition) is 4. The van der Waals surface area contributed by atoms with Gasteiger partial charge in [-0.05, 0) is 42.0 Å². The monoisotopic (exact) mass is 412 g/mol. The first kappa shape index (κ1) is 20.6. The van der Waals surface area contributed by atoms with E-state index in [2.05, 4.69) is 5.32 Å². The van der Waals surface area contributed by atoms with Gasteiger partial charge in [-0.3, -0.25) is 9.10 Å². The quantitative estimate of drug-likeness (QED) is 0.675. The number of carbonyl (C=O) groups is 1. The lowest BCUT2D eigenvalue weighted by molar-refractivity contribution is 0.0956. The maximum Gasteiger partial charge on any atom is 0.251 e.